The van der Waals surface area contributed by atoms with Crippen LogP contribution in [-0.4, -0.2) is 110 Å². The molecule has 17 heteroatoms. The highest BCUT2D eigenvalue weighted by atomic mass is 19.3. The van der Waals surface area contributed by atoms with E-state index in [-0.39, 0.29) is 24.0 Å². The summed E-state index contributed by atoms with van der Waals surface area (Å²) < 4.78 is 53.7. The van der Waals surface area contributed by atoms with Crippen molar-refractivity contribution in [1.82, 2.24) is 44.9 Å². The molecule has 1 aliphatic heterocycles. The first-order valence-electron chi connectivity index (χ1n) is 16.2. The van der Waals surface area contributed by atoms with Crippen LogP contribution in [0.25, 0.3) is 11.1 Å². The van der Waals surface area contributed by atoms with E-state index in [9.17, 15) is 14.0 Å². The van der Waals surface area contributed by atoms with Gasteiger partial charge in [0.25, 0.3) is 5.88 Å². The van der Waals surface area contributed by atoms with Gasteiger partial charge in [-0.15, -0.1) is 10.2 Å². The number of benzene rings is 1. The van der Waals surface area contributed by atoms with E-state index in [0.717, 1.165) is 57.6 Å². The number of nitrogens with zero attached hydrogens (tertiary/aromatic N) is 10. The smallest absolute Gasteiger partial charge is 0.304 e. The minimum atomic E-state index is -3.20. The first-order valence-corrected chi connectivity index (χ1v) is 16.2. The van der Waals surface area contributed by atoms with Crippen molar-refractivity contribution >= 4 is 11.6 Å². The lowest BCUT2D eigenvalue weighted by Gasteiger charge is -2.38. The SMILES string of the molecule is COCC(F)(F)COc1nn(C2CCC(N3CCOCC3)CC2)cc1Nc1ncc(-c2ccc(C#N)c(O[C@@H](C)Cn3cnnn3)c2)cn1. The molecule has 1 saturated carbocycles. The van der Waals surface area contributed by atoms with Crippen molar-refractivity contribution in [3.05, 3.63) is 48.7 Å². The Morgan fingerprint density at radius 3 is 2.53 bits per heavy atom. The van der Waals surface area contributed by atoms with Crippen LogP contribution in [0, 0.1) is 11.3 Å². The van der Waals surface area contributed by atoms with Crippen LogP contribution in [-0.2, 0) is 16.0 Å². The molecule has 260 valence electrons. The van der Waals surface area contributed by atoms with Crippen LogP contribution in [0.4, 0.5) is 20.4 Å². The largest absolute Gasteiger partial charge is 0.487 e. The third-order valence-electron chi connectivity index (χ3n) is 8.57. The molecule has 49 heavy (non-hydrogen) atoms. The minimum Gasteiger partial charge on any atom is -0.487 e. The van der Waals surface area contributed by atoms with E-state index in [4.69, 9.17) is 14.2 Å². The molecule has 0 amide bonds. The highest BCUT2D eigenvalue weighted by Crippen LogP contribution is 2.35. The first-order chi connectivity index (χ1) is 23.8. The van der Waals surface area contributed by atoms with E-state index in [1.807, 2.05) is 6.92 Å². The standard InChI is InChI=1S/C32H39F2N11O4/c1-22(17-44-21-38-41-42-44)49-29-13-23(3-4-24(29)14-35)25-15-36-31(37-16-25)39-28-18-45(40-30(28)48-20-32(33,34)19-46-2)27-7-5-26(6-8-27)43-9-11-47-12-10-43/h3-4,13,15-16,18,21-22,26-27H,5-12,17,19-20H2,1-2H3,(H,36,37,39)/t22-,26?,27?/m0/s1. The predicted octanol–water partition coefficient (Wildman–Crippen LogP) is 3.89. The summed E-state index contributed by atoms with van der Waals surface area (Å²) in [5, 5.41) is 28.4. The average Bonchev–Trinajstić information content (AvgIpc) is 3.78. The number of tetrazole rings is 1. The monoisotopic (exact) mass is 679 g/mol. The maximum absolute atomic E-state index is 14.3. The number of anilines is 2. The molecule has 4 aromatic rings. The summed E-state index contributed by atoms with van der Waals surface area (Å²) in [4.78, 5) is 11.4. The number of hydrogen-bond donors (Lipinski definition) is 1. The lowest BCUT2D eigenvalue weighted by molar-refractivity contribution is -0.0917. The van der Waals surface area contributed by atoms with E-state index in [0.29, 0.717) is 35.2 Å². The molecule has 0 bridgehead atoms. The van der Waals surface area contributed by atoms with Gasteiger partial charge in [-0.25, -0.2) is 23.4 Å². The van der Waals surface area contributed by atoms with Crippen molar-refractivity contribution in [2.75, 3.05) is 51.9 Å². The Kier molecular flexibility index (Phi) is 10.9. The molecule has 0 spiro atoms. The lowest BCUT2D eigenvalue weighted by Crippen LogP contribution is -2.45. The topological polar surface area (TPSA) is 163 Å². The molecule has 1 saturated heterocycles. The Morgan fingerprint density at radius 1 is 1.08 bits per heavy atom. The summed E-state index contributed by atoms with van der Waals surface area (Å²) in [5.74, 6) is -2.53. The summed E-state index contributed by atoms with van der Waals surface area (Å²) in [7, 11) is 1.22. The zero-order valence-electron chi connectivity index (χ0n) is 27.4. The Balaban J connectivity index is 1.16. The number of alkyl halides is 2. The number of rotatable bonds is 14. The van der Waals surface area contributed by atoms with Gasteiger partial charge in [-0.1, -0.05) is 6.07 Å². The van der Waals surface area contributed by atoms with Gasteiger partial charge in [0.15, 0.2) is 6.61 Å². The van der Waals surface area contributed by atoms with Crippen LogP contribution < -0.4 is 14.8 Å². The van der Waals surface area contributed by atoms with Gasteiger partial charge < -0.3 is 24.3 Å². The second-order valence-electron chi connectivity index (χ2n) is 12.2. The van der Waals surface area contributed by atoms with Crippen LogP contribution in [0.5, 0.6) is 11.6 Å². The minimum absolute atomic E-state index is 0.0310. The van der Waals surface area contributed by atoms with Crippen molar-refractivity contribution < 1.29 is 27.7 Å². The highest BCUT2D eigenvalue weighted by molar-refractivity contribution is 5.67. The molecule has 1 atom stereocenters. The van der Waals surface area contributed by atoms with Crippen LogP contribution in [0.1, 0.15) is 44.2 Å². The molecule has 1 N–H and O–H groups in total. The number of halogens is 2. The van der Waals surface area contributed by atoms with Gasteiger partial charge >= 0.3 is 5.92 Å². The summed E-state index contributed by atoms with van der Waals surface area (Å²) >= 11 is 0. The molecule has 1 aliphatic carbocycles. The molecule has 2 fully saturated rings. The predicted molar refractivity (Wildman–Crippen MR) is 172 cm³/mol. The average molecular weight is 680 g/mol. The normalized spacial score (nSPS) is 19.2. The second-order valence-corrected chi connectivity index (χ2v) is 12.2. The fraction of sp³-hybridized carbons (Fsp3) is 0.531. The lowest BCUT2D eigenvalue weighted by atomic mass is 9.90. The van der Waals surface area contributed by atoms with Crippen molar-refractivity contribution in [2.45, 2.75) is 63.3 Å². The van der Waals surface area contributed by atoms with Gasteiger partial charge in [-0.05, 0) is 60.7 Å². The fourth-order valence-electron chi connectivity index (χ4n) is 6.15. The van der Waals surface area contributed by atoms with Crippen LogP contribution in [0.3, 0.4) is 0 Å². The number of morpholine rings is 1. The second kappa shape index (κ2) is 15.6. The van der Waals surface area contributed by atoms with Gasteiger partial charge in [0.05, 0.1) is 37.6 Å². The number of nitriles is 1. The molecule has 6 rings (SSSR count). The third kappa shape index (κ3) is 8.82. The van der Waals surface area contributed by atoms with Gasteiger partial charge in [0.2, 0.25) is 5.95 Å². The third-order valence-corrected chi connectivity index (χ3v) is 8.57. The molecular formula is C32H39F2N11O4. The quantitative estimate of drug-likeness (QED) is 0.204. The summed E-state index contributed by atoms with van der Waals surface area (Å²) in [5.41, 5.74) is 2.17. The van der Waals surface area contributed by atoms with E-state index in [1.54, 1.807) is 46.2 Å². The van der Waals surface area contributed by atoms with Crippen LogP contribution in [0.15, 0.2) is 43.1 Å². The fourth-order valence-corrected chi connectivity index (χ4v) is 6.15. The number of hydrogen-bond acceptors (Lipinski definition) is 13. The van der Waals surface area contributed by atoms with E-state index in [2.05, 4.69) is 51.6 Å². The van der Waals surface area contributed by atoms with Crippen molar-refractivity contribution in [3.63, 3.8) is 0 Å². The highest BCUT2D eigenvalue weighted by Gasteiger charge is 2.32. The molecule has 0 radical (unpaired) electrons. The maximum atomic E-state index is 14.3. The first kappa shape index (κ1) is 34.1. The number of nitrogens with one attached hydrogen (secondary N) is 1. The van der Waals surface area contributed by atoms with Crippen molar-refractivity contribution in [1.29, 1.82) is 5.26 Å². The Bertz CT molecular complexity index is 1680. The van der Waals surface area contributed by atoms with Crippen LogP contribution in [0.2, 0.25) is 0 Å². The summed E-state index contributed by atoms with van der Waals surface area (Å²) in [6.45, 7) is 4.00. The van der Waals surface area contributed by atoms with Gasteiger partial charge in [-0.3, -0.25) is 9.58 Å². The van der Waals surface area contributed by atoms with E-state index < -0.39 is 19.1 Å². The zero-order chi connectivity index (χ0) is 34.2. The van der Waals surface area contributed by atoms with Gasteiger partial charge in [0.1, 0.15) is 36.5 Å². The Morgan fingerprint density at radius 2 is 1.84 bits per heavy atom. The number of ether oxygens (including phenoxy) is 4. The molecule has 2 aliphatic rings. The Labute approximate surface area is 282 Å². The van der Waals surface area contributed by atoms with E-state index >= 15 is 0 Å². The van der Waals surface area contributed by atoms with E-state index in [1.165, 1.54) is 13.4 Å². The summed E-state index contributed by atoms with van der Waals surface area (Å²) in [6.07, 6.45) is 10.0. The molecule has 15 nitrogen and oxygen atoms in total. The summed E-state index contributed by atoms with van der Waals surface area (Å²) in [6, 6.07) is 7.97. The zero-order valence-corrected chi connectivity index (χ0v) is 27.4. The molecule has 1 aromatic carbocycles. The number of methoxy groups -OCH3 is 1. The maximum Gasteiger partial charge on any atom is 0.304 e. The molecule has 0 unspecified atom stereocenters. The van der Waals surface area contributed by atoms with Crippen molar-refractivity contribution in [3.8, 4) is 28.8 Å². The van der Waals surface area contributed by atoms with Crippen molar-refractivity contribution in [2.24, 2.45) is 0 Å². The molecular weight excluding hydrogens is 640 g/mol. The van der Waals surface area contributed by atoms with Gasteiger partial charge in [-0.2, -0.15) is 5.26 Å². The number of aromatic nitrogens is 8. The molecule has 3 aromatic heterocycles. The van der Waals surface area contributed by atoms with Crippen LogP contribution >= 0.6 is 0 Å². The molecule has 4 heterocycles. The Hall–Kier alpha value is -4.79. The van der Waals surface area contributed by atoms with Gasteiger partial charge in [0, 0.05) is 44.2 Å².